The Morgan fingerprint density at radius 3 is 2.67 bits per heavy atom. The summed E-state index contributed by atoms with van der Waals surface area (Å²) in [6.07, 6.45) is 5.18. The molecule has 0 N–H and O–H groups in total. The van der Waals surface area contributed by atoms with Gasteiger partial charge in [0.1, 0.15) is 6.10 Å². The smallest absolute Gasteiger partial charge is 0.166 e. The second kappa shape index (κ2) is 5.08. The summed E-state index contributed by atoms with van der Waals surface area (Å²) >= 11 is 0. The second-order valence-electron chi connectivity index (χ2n) is 4.60. The highest BCUT2D eigenvalue weighted by molar-refractivity contribution is 5.90. The molecule has 2 unspecified atom stereocenters. The van der Waals surface area contributed by atoms with Crippen LogP contribution in [-0.4, -0.2) is 31.2 Å². The first-order chi connectivity index (χ1) is 7.31. The molecule has 2 atom stereocenters. The highest BCUT2D eigenvalue weighted by atomic mass is 16.5. The summed E-state index contributed by atoms with van der Waals surface area (Å²) in [6.45, 7) is 3.51. The molecule has 0 bridgehead atoms. The number of carbonyl (C=O) groups is 1. The van der Waals surface area contributed by atoms with Gasteiger partial charge in [0.25, 0.3) is 0 Å². The fourth-order valence-corrected chi connectivity index (χ4v) is 1.85. The van der Waals surface area contributed by atoms with Crippen molar-refractivity contribution in [2.45, 2.75) is 51.2 Å². The highest BCUT2D eigenvalue weighted by Crippen LogP contribution is 2.33. The van der Waals surface area contributed by atoms with Gasteiger partial charge in [0, 0.05) is 19.6 Å². The Morgan fingerprint density at radius 2 is 2.07 bits per heavy atom. The minimum Gasteiger partial charge on any atom is -0.375 e. The highest BCUT2D eigenvalue weighted by Gasteiger charge is 2.41. The average Bonchev–Trinajstić information content (AvgIpc) is 3.01. The predicted molar refractivity (Wildman–Crippen MR) is 56.7 cm³/mol. The number of ketones is 1. The quantitative estimate of drug-likeness (QED) is 0.647. The van der Waals surface area contributed by atoms with Crippen molar-refractivity contribution < 1.29 is 14.3 Å². The average molecular weight is 212 g/mol. The van der Waals surface area contributed by atoms with Crippen molar-refractivity contribution in [2.24, 2.45) is 5.92 Å². The zero-order valence-electron chi connectivity index (χ0n) is 9.41. The fourth-order valence-electron chi connectivity index (χ4n) is 1.85. The minimum atomic E-state index is -0.260. The molecule has 15 heavy (non-hydrogen) atoms. The van der Waals surface area contributed by atoms with Crippen molar-refractivity contribution in [1.29, 1.82) is 0 Å². The summed E-state index contributed by atoms with van der Waals surface area (Å²) in [5, 5.41) is 0. The molecule has 86 valence electrons. The monoisotopic (exact) mass is 212 g/mol. The van der Waals surface area contributed by atoms with Crippen LogP contribution in [-0.2, 0) is 14.3 Å². The van der Waals surface area contributed by atoms with E-state index in [1.165, 1.54) is 12.8 Å². The third-order valence-corrected chi connectivity index (χ3v) is 3.11. The van der Waals surface area contributed by atoms with Crippen molar-refractivity contribution in [3.63, 3.8) is 0 Å². The largest absolute Gasteiger partial charge is 0.375 e. The number of ether oxygens (including phenoxy) is 2. The van der Waals surface area contributed by atoms with E-state index in [1.54, 1.807) is 0 Å². The number of Topliss-reactive ketones (excluding diaryl/α,β-unsaturated/α-hetero) is 1. The Bertz CT molecular complexity index is 223. The lowest BCUT2D eigenvalue weighted by Crippen LogP contribution is -2.50. The maximum absolute atomic E-state index is 11.3. The Labute approximate surface area is 91.1 Å². The second-order valence-corrected chi connectivity index (χ2v) is 4.60. The van der Waals surface area contributed by atoms with Crippen LogP contribution < -0.4 is 0 Å². The molecule has 0 spiro atoms. The zero-order chi connectivity index (χ0) is 10.7. The summed E-state index contributed by atoms with van der Waals surface area (Å²) in [5.74, 6) is 1.11. The summed E-state index contributed by atoms with van der Waals surface area (Å²) in [4.78, 5) is 11.3. The van der Waals surface area contributed by atoms with E-state index in [0.717, 1.165) is 25.4 Å². The fraction of sp³-hybridized carbons (Fsp3) is 0.917. The standard InChI is InChI=1S/C12H20O3/c1-2-6-15-12-10(13)8-11(12)14-7-5-9-3-4-9/h9,11-12H,2-8H2,1H3. The van der Waals surface area contributed by atoms with Crippen LogP contribution in [0.3, 0.4) is 0 Å². The number of hydrogen-bond donors (Lipinski definition) is 0. The van der Waals surface area contributed by atoms with E-state index >= 15 is 0 Å². The van der Waals surface area contributed by atoms with Gasteiger partial charge in [-0.2, -0.15) is 0 Å². The van der Waals surface area contributed by atoms with Gasteiger partial charge >= 0.3 is 0 Å². The molecule has 3 nitrogen and oxygen atoms in total. The predicted octanol–water partition coefficient (Wildman–Crippen LogP) is 1.94. The Kier molecular flexibility index (Phi) is 3.76. The van der Waals surface area contributed by atoms with Crippen LogP contribution in [0.15, 0.2) is 0 Å². The van der Waals surface area contributed by atoms with Crippen LogP contribution in [0.1, 0.15) is 39.0 Å². The lowest BCUT2D eigenvalue weighted by atomic mass is 9.90. The van der Waals surface area contributed by atoms with E-state index in [4.69, 9.17) is 9.47 Å². The maximum atomic E-state index is 11.3. The van der Waals surface area contributed by atoms with Crippen molar-refractivity contribution in [2.75, 3.05) is 13.2 Å². The van der Waals surface area contributed by atoms with Crippen LogP contribution in [0.5, 0.6) is 0 Å². The van der Waals surface area contributed by atoms with Gasteiger partial charge in [0.05, 0.1) is 6.10 Å². The van der Waals surface area contributed by atoms with Gasteiger partial charge in [-0.05, 0) is 18.8 Å². The molecule has 0 heterocycles. The first-order valence-electron chi connectivity index (χ1n) is 6.07. The molecule has 2 fully saturated rings. The number of rotatable bonds is 7. The molecule has 0 aromatic carbocycles. The van der Waals surface area contributed by atoms with Crippen LogP contribution in [0.2, 0.25) is 0 Å². The van der Waals surface area contributed by atoms with Crippen LogP contribution in [0.4, 0.5) is 0 Å². The van der Waals surface area contributed by atoms with E-state index < -0.39 is 0 Å². The molecular weight excluding hydrogens is 192 g/mol. The topological polar surface area (TPSA) is 35.5 Å². The first kappa shape index (κ1) is 11.1. The van der Waals surface area contributed by atoms with Gasteiger partial charge in [-0.25, -0.2) is 0 Å². The van der Waals surface area contributed by atoms with Crippen molar-refractivity contribution in [3.8, 4) is 0 Å². The van der Waals surface area contributed by atoms with E-state index in [-0.39, 0.29) is 18.0 Å². The maximum Gasteiger partial charge on any atom is 0.166 e. The van der Waals surface area contributed by atoms with Gasteiger partial charge in [0.15, 0.2) is 5.78 Å². The first-order valence-corrected chi connectivity index (χ1v) is 6.07. The molecule has 0 aliphatic heterocycles. The van der Waals surface area contributed by atoms with Crippen LogP contribution >= 0.6 is 0 Å². The van der Waals surface area contributed by atoms with Gasteiger partial charge in [-0.15, -0.1) is 0 Å². The molecule has 3 heteroatoms. The third-order valence-electron chi connectivity index (χ3n) is 3.11. The van der Waals surface area contributed by atoms with Crippen LogP contribution in [0, 0.1) is 5.92 Å². The molecule has 0 radical (unpaired) electrons. The molecule has 0 aromatic heterocycles. The van der Waals surface area contributed by atoms with E-state index in [2.05, 4.69) is 0 Å². The Hall–Kier alpha value is -0.410. The molecule has 0 saturated heterocycles. The Balaban J connectivity index is 1.60. The van der Waals surface area contributed by atoms with Gasteiger partial charge in [-0.1, -0.05) is 19.8 Å². The Morgan fingerprint density at radius 1 is 1.27 bits per heavy atom. The summed E-state index contributed by atoms with van der Waals surface area (Å²) in [7, 11) is 0. The van der Waals surface area contributed by atoms with Crippen molar-refractivity contribution in [1.82, 2.24) is 0 Å². The molecule has 2 aliphatic carbocycles. The third kappa shape index (κ3) is 3.02. The lowest BCUT2D eigenvalue weighted by Gasteiger charge is -2.34. The van der Waals surface area contributed by atoms with Crippen LogP contribution in [0.25, 0.3) is 0 Å². The summed E-state index contributed by atoms with van der Waals surface area (Å²) in [6, 6.07) is 0. The zero-order valence-corrected chi connectivity index (χ0v) is 9.41. The van der Waals surface area contributed by atoms with Gasteiger partial charge < -0.3 is 9.47 Å². The normalized spacial score (nSPS) is 30.3. The SMILES string of the molecule is CCCOC1C(=O)CC1OCCC1CC1. The summed E-state index contributed by atoms with van der Waals surface area (Å²) in [5.41, 5.74) is 0. The van der Waals surface area contributed by atoms with Crippen molar-refractivity contribution >= 4 is 5.78 Å². The number of carbonyl (C=O) groups excluding carboxylic acids is 1. The summed E-state index contributed by atoms with van der Waals surface area (Å²) < 4.78 is 11.1. The molecule has 2 rings (SSSR count). The number of hydrogen-bond acceptors (Lipinski definition) is 3. The molecular formula is C12H20O3. The molecule has 0 amide bonds. The van der Waals surface area contributed by atoms with E-state index in [0.29, 0.717) is 13.0 Å². The molecule has 2 saturated carbocycles. The van der Waals surface area contributed by atoms with E-state index in [9.17, 15) is 4.79 Å². The van der Waals surface area contributed by atoms with E-state index in [1.807, 2.05) is 6.92 Å². The van der Waals surface area contributed by atoms with Gasteiger partial charge in [0.2, 0.25) is 0 Å². The molecule has 0 aromatic rings. The minimum absolute atomic E-state index is 0.0443. The lowest BCUT2D eigenvalue weighted by molar-refractivity contribution is -0.166. The van der Waals surface area contributed by atoms with Gasteiger partial charge in [-0.3, -0.25) is 4.79 Å². The van der Waals surface area contributed by atoms with Crippen molar-refractivity contribution in [3.05, 3.63) is 0 Å². The molecule has 2 aliphatic rings.